The number of benzene rings is 3. The van der Waals surface area contributed by atoms with Crippen LogP contribution in [0.2, 0.25) is 0 Å². The maximum atomic E-state index is 13.1. The highest BCUT2D eigenvalue weighted by Crippen LogP contribution is 2.23. The van der Waals surface area contributed by atoms with Crippen LogP contribution in [0.3, 0.4) is 0 Å². The molecule has 1 aliphatic rings. The zero-order valence-electron chi connectivity index (χ0n) is 21.9. The maximum absolute atomic E-state index is 13.1. The Balaban J connectivity index is 1.35. The lowest BCUT2D eigenvalue weighted by atomic mass is 10.2. The molecule has 40 heavy (non-hydrogen) atoms. The smallest absolute Gasteiger partial charge is 0.338 e. The van der Waals surface area contributed by atoms with E-state index in [0.29, 0.717) is 24.6 Å². The number of rotatable bonds is 9. The number of nitrogens with one attached hydrogen (secondary N) is 1. The number of anilines is 2. The molecule has 1 saturated heterocycles. The number of amides is 1. The van der Waals surface area contributed by atoms with Crippen LogP contribution in [0.25, 0.3) is 0 Å². The van der Waals surface area contributed by atoms with Crippen molar-refractivity contribution in [3.05, 3.63) is 83.9 Å². The summed E-state index contributed by atoms with van der Waals surface area (Å²) >= 11 is 0. The Morgan fingerprint density at radius 2 is 1.57 bits per heavy atom. The van der Waals surface area contributed by atoms with Crippen molar-refractivity contribution in [2.45, 2.75) is 16.7 Å². The monoisotopic (exact) mass is 587 g/mol. The summed E-state index contributed by atoms with van der Waals surface area (Å²) < 4.78 is 64.4. The number of hydrogen-bond donors (Lipinski definition) is 1. The standard InChI is InChI=1S/C27H29N3O8S2/c1-20-6-10-23(11-7-20)29(2)39(33,34)25-5-3-4-21(18-25)27(32)38-19-26(31)28-22-8-12-24(13-9-22)40(35,36)30-14-16-37-17-15-30/h3-13,18H,14-17,19H2,1-2H3,(H,28,31). The lowest BCUT2D eigenvalue weighted by molar-refractivity contribution is -0.119. The van der Waals surface area contributed by atoms with Crippen LogP contribution in [0.15, 0.2) is 82.6 Å². The number of carbonyl (C=O) groups is 2. The molecule has 1 amide bonds. The van der Waals surface area contributed by atoms with Gasteiger partial charge >= 0.3 is 5.97 Å². The second-order valence-corrected chi connectivity index (χ2v) is 12.9. The molecule has 13 heteroatoms. The van der Waals surface area contributed by atoms with E-state index in [1.807, 2.05) is 6.92 Å². The molecule has 0 atom stereocenters. The Kier molecular flexibility index (Phi) is 8.88. The van der Waals surface area contributed by atoms with Crippen molar-refractivity contribution in [2.75, 3.05) is 49.6 Å². The molecule has 3 aromatic rings. The second kappa shape index (κ2) is 12.2. The number of nitrogens with zero attached hydrogens (tertiary/aromatic N) is 2. The number of esters is 1. The zero-order valence-corrected chi connectivity index (χ0v) is 23.6. The lowest BCUT2D eigenvalue weighted by Gasteiger charge is -2.26. The Morgan fingerprint density at radius 3 is 2.23 bits per heavy atom. The summed E-state index contributed by atoms with van der Waals surface area (Å²) in [5.74, 6) is -1.53. The third kappa shape index (κ3) is 6.67. The SMILES string of the molecule is Cc1ccc(N(C)S(=O)(=O)c2cccc(C(=O)OCC(=O)Nc3ccc(S(=O)(=O)N4CCOCC4)cc3)c2)cc1. The van der Waals surface area contributed by atoms with E-state index in [4.69, 9.17) is 9.47 Å². The molecular formula is C27H29N3O8S2. The normalized spacial score (nSPS) is 14.3. The van der Waals surface area contributed by atoms with Crippen LogP contribution in [-0.2, 0) is 34.3 Å². The average Bonchev–Trinajstić information content (AvgIpc) is 2.96. The maximum Gasteiger partial charge on any atom is 0.338 e. The van der Waals surface area contributed by atoms with Gasteiger partial charge in [0.2, 0.25) is 10.0 Å². The highest BCUT2D eigenvalue weighted by atomic mass is 32.2. The Hall–Kier alpha value is -3.78. The van der Waals surface area contributed by atoms with E-state index >= 15 is 0 Å². The van der Waals surface area contributed by atoms with E-state index < -0.39 is 38.5 Å². The fourth-order valence-corrected chi connectivity index (χ4v) is 6.54. The van der Waals surface area contributed by atoms with Gasteiger partial charge in [0, 0.05) is 25.8 Å². The first-order valence-corrected chi connectivity index (χ1v) is 15.2. The van der Waals surface area contributed by atoms with Gasteiger partial charge in [-0.2, -0.15) is 4.31 Å². The van der Waals surface area contributed by atoms with Gasteiger partial charge in [0.25, 0.3) is 15.9 Å². The van der Waals surface area contributed by atoms with Crippen molar-refractivity contribution in [3.8, 4) is 0 Å². The number of ether oxygens (including phenoxy) is 2. The van der Waals surface area contributed by atoms with Crippen molar-refractivity contribution >= 4 is 43.3 Å². The molecule has 1 fully saturated rings. The first-order valence-electron chi connectivity index (χ1n) is 12.3. The number of aryl methyl sites for hydroxylation is 1. The molecule has 1 aliphatic heterocycles. The van der Waals surface area contributed by atoms with Gasteiger partial charge in [-0.15, -0.1) is 0 Å². The van der Waals surface area contributed by atoms with Gasteiger partial charge in [-0.25, -0.2) is 21.6 Å². The average molecular weight is 588 g/mol. The third-order valence-electron chi connectivity index (χ3n) is 6.21. The largest absolute Gasteiger partial charge is 0.452 e. The first kappa shape index (κ1) is 29.2. The molecular weight excluding hydrogens is 558 g/mol. The van der Waals surface area contributed by atoms with Gasteiger partial charge in [0.15, 0.2) is 6.61 Å². The van der Waals surface area contributed by atoms with Crippen molar-refractivity contribution in [1.29, 1.82) is 0 Å². The topological polar surface area (TPSA) is 139 Å². The van der Waals surface area contributed by atoms with Crippen molar-refractivity contribution < 1.29 is 35.9 Å². The Bertz CT molecular complexity index is 1580. The van der Waals surface area contributed by atoms with Crippen LogP contribution in [-0.4, -0.2) is 73.0 Å². The fourth-order valence-electron chi connectivity index (χ4n) is 3.89. The zero-order chi connectivity index (χ0) is 28.9. The second-order valence-electron chi connectivity index (χ2n) is 9.00. The summed E-state index contributed by atoms with van der Waals surface area (Å²) in [6.07, 6.45) is 0. The molecule has 0 saturated carbocycles. The summed E-state index contributed by atoms with van der Waals surface area (Å²) in [5.41, 5.74) is 1.72. The number of hydrogen-bond acceptors (Lipinski definition) is 8. The molecule has 0 bridgehead atoms. The first-order chi connectivity index (χ1) is 19.0. The van der Waals surface area contributed by atoms with Crippen molar-refractivity contribution in [2.24, 2.45) is 0 Å². The van der Waals surface area contributed by atoms with Gasteiger partial charge in [-0.3, -0.25) is 9.10 Å². The number of sulfonamides is 2. The fraction of sp³-hybridized carbons (Fsp3) is 0.259. The van der Waals surface area contributed by atoms with E-state index in [1.54, 1.807) is 24.3 Å². The van der Waals surface area contributed by atoms with Gasteiger partial charge < -0.3 is 14.8 Å². The molecule has 0 radical (unpaired) electrons. The van der Waals surface area contributed by atoms with E-state index in [2.05, 4.69) is 5.32 Å². The van der Waals surface area contributed by atoms with Gasteiger partial charge in [-0.05, 0) is 61.5 Å². The summed E-state index contributed by atoms with van der Waals surface area (Å²) in [7, 11) is -6.21. The van der Waals surface area contributed by atoms with Gasteiger partial charge in [-0.1, -0.05) is 23.8 Å². The Morgan fingerprint density at radius 1 is 0.925 bits per heavy atom. The molecule has 1 N–H and O–H groups in total. The summed E-state index contributed by atoms with van der Waals surface area (Å²) in [5, 5.41) is 2.53. The lowest BCUT2D eigenvalue weighted by Crippen LogP contribution is -2.40. The van der Waals surface area contributed by atoms with E-state index in [9.17, 15) is 26.4 Å². The highest BCUT2D eigenvalue weighted by Gasteiger charge is 2.26. The van der Waals surface area contributed by atoms with Crippen molar-refractivity contribution in [3.63, 3.8) is 0 Å². The van der Waals surface area contributed by atoms with Crippen LogP contribution >= 0.6 is 0 Å². The number of carbonyl (C=O) groups excluding carboxylic acids is 2. The van der Waals surface area contributed by atoms with Crippen molar-refractivity contribution in [1.82, 2.24) is 4.31 Å². The quantitative estimate of drug-likeness (QED) is 0.377. The molecule has 3 aromatic carbocycles. The molecule has 0 spiro atoms. The van der Waals surface area contributed by atoms with E-state index in [1.165, 1.54) is 59.9 Å². The molecule has 0 aromatic heterocycles. The van der Waals surface area contributed by atoms with Crippen LogP contribution in [0.4, 0.5) is 11.4 Å². The van der Waals surface area contributed by atoms with Crippen LogP contribution < -0.4 is 9.62 Å². The van der Waals surface area contributed by atoms with E-state index in [-0.39, 0.29) is 28.4 Å². The molecule has 11 nitrogen and oxygen atoms in total. The molecule has 1 heterocycles. The molecule has 0 unspecified atom stereocenters. The predicted molar refractivity (Wildman–Crippen MR) is 148 cm³/mol. The van der Waals surface area contributed by atoms with E-state index in [0.717, 1.165) is 9.87 Å². The van der Waals surface area contributed by atoms with Crippen LogP contribution in [0.5, 0.6) is 0 Å². The minimum absolute atomic E-state index is 0.0381. The van der Waals surface area contributed by atoms with Crippen LogP contribution in [0, 0.1) is 6.92 Å². The van der Waals surface area contributed by atoms with Gasteiger partial charge in [0.1, 0.15) is 0 Å². The predicted octanol–water partition coefficient (Wildman–Crippen LogP) is 2.64. The molecule has 0 aliphatic carbocycles. The minimum atomic E-state index is -3.96. The summed E-state index contributed by atoms with van der Waals surface area (Å²) in [4.78, 5) is 24.9. The highest BCUT2D eigenvalue weighted by molar-refractivity contribution is 7.92. The van der Waals surface area contributed by atoms with Gasteiger partial charge in [0.05, 0.1) is 34.3 Å². The number of morpholine rings is 1. The third-order valence-corrected chi connectivity index (χ3v) is 9.90. The minimum Gasteiger partial charge on any atom is -0.452 e. The summed E-state index contributed by atoms with van der Waals surface area (Å²) in [6, 6.07) is 17.9. The Labute approximate surface area is 233 Å². The van der Waals surface area contributed by atoms with Crippen LogP contribution in [0.1, 0.15) is 15.9 Å². The summed E-state index contributed by atoms with van der Waals surface area (Å²) in [6.45, 7) is 2.46. The molecule has 4 rings (SSSR count). The molecule has 212 valence electrons.